The number of ether oxygens (including phenoxy) is 1. The van der Waals surface area contributed by atoms with Gasteiger partial charge in [-0.15, -0.1) is 0 Å². The summed E-state index contributed by atoms with van der Waals surface area (Å²) in [6.45, 7) is -0.108. The quantitative estimate of drug-likeness (QED) is 0.727. The molecule has 28 heavy (non-hydrogen) atoms. The van der Waals surface area contributed by atoms with E-state index >= 15 is 0 Å². The molecule has 5 nitrogen and oxygen atoms in total. The molecule has 0 radical (unpaired) electrons. The van der Waals surface area contributed by atoms with Gasteiger partial charge in [0.25, 0.3) is 5.92 Å². The molecule has 1 atom stereocenters. The number of piperidine rings is 1. The zero-order valence-corrected chi connectivity index (χ0v) is 15.9. The minimum Gasteiger partial charge on any atom is -0.492 e. The van der Waals surface area contributed by atoms with Crippen LogP contribution in [0.3, 0.4) is 0 Å². The van der Waals surface area contributed by atoms with Crippen LogP contribution in [0.4, 0.5) is 24.5 Å². The number of nitrogens with two attached hydrogens (primary N) is 1. The largest absolute Gasteiger partial charge is 0.492 e. The van der Waals surface area contributed by atoms with Crippen molar-refractivity contribution in [2.24, 2.45) is 5.14 Å². The molecule has 0 spiro atoms. The SMILES string of the molecule is COc1c(F)cccc1N1CCC(F)(F)CC1C(=O)Nc1cccc(SN)c1. The Hall–Kier alpha value is -2.39. The summed E-state index contributed by atoms with van der Waals surface area (Å²) in [4.78, 5) is 15.1. The second-order valence-corrected chi connectivity index (χ2v) is 7.15. The number of carbonyl (C=O) groups excluding carboxylic acids is 1. The van der Waals surface area contributed by atoms with Gasteiger partial charge in [0.05, 0.1) is 12.8 Å². The molecule has 1 saturated heterocycles. The number of nitrogens with zero attached hydrogens (tertiary/aromatic N) is 1. The fraction of sp³-hybridized carbons (Fsp3) is 0.316. The molecule has 1 heterocycles. The summed E-state index contributed by atoms with van der Waals surface area (Å²) in [5.41, 5.74) is 0.713. The fourth-order valence-electron chi connectivity index (χ4n) is 3.26. The third kappa shape index (κ3) is 4.36. The first-order valence-corrected chi connectivity index (χ1v) is 9.47. The van der Waals surface area contributed by atoms with Gasteiger partial charge in [0, 0.05) is 30.0 Å². The summed E-state index contributed by atoms with van der Waals surface area (Å²) < 4.78 is 47.4. The van der Waals surface area contributed by atoms with Gasteiger partial charge in [-0.1, -0.05) is 12.1 Å². The number of anilines is 2. The number of benzene rings is 2. The number of methoxy groups -OCH3 is 1. The van der Waals surface area contributed by atoms with Crippen molar-refractivity contribution in [2.75, 3.05) is 23.9 Å². The van der Waals surface area contributed by atoms with Crippen molar-refractivity contribution in [3.8, 4) is 5.75 Å². The van der Waals surface area contributed by atoms with Gasteiger partial charge in [0.1, 0.15) is 6.04 Å². The Balaban J connectivity index is 1.91. The lowest BCUT2D eigenvalue weighted by atomic mass is 9.96. The summed E-state index contributed by atoms with van der Waals surface area (Å²) in [5.74, 6) is -4.30. The molecule has 1 aliphatic heterocycles. The van der Waals surface area contributed by atoms with E-state index in [0.717, 1.165) is 16.8 Å². The Morgan fingerprint density at radius 2 is 2.07 bits per heavy atom. The van der Waals surface area contributed by atoms with E-state index in [1.165, 1.54) is 24.1 Å². The minimum atomic E-state index is -2.99. The highest BCUT2D eigenvalue weighted by molar-refractivity contribution is 7.97. The number of amides is 1. The maximum Gasteiger partial charge on any atom is 0.252 e. The Bertz CT molecular complexity index is 866. The molecule has 9 heteroatoms. The first kappa shape index (κ1) is 20.3. The molecule has 1 amide bonds. The van der Waals surface area contributed by atoms with Gasteiger partial charge in [-0.3, -0.25) is 9.93 Å². The molecule has 1 aliphatic rings. The van der Waals surface area contributed by atoms with Crippen LogP contribution in [-0.4, -0.2) is 31.5 Å². The van der Waals surface area contributed by atoms with E-state index < -0.39 is 36.5 Å². The van der Waals surface area contributed by atoms with E-state index in [9.17, 15) is 18.0 Å². The Morgan fingerprint density at radius 3 is 2.79 bits per heavy atom. The maximum atomic E-state index is 14.1. The Kier molecular flexibility index (Phi) is 6.04. The first-order chi connectivity index (χ1) is 13.3. The van der Waals surface area contributed by atoms with Crippen LogP contribution in [0.5, 0.6) is 5.75 Å². The highest BCUT2D eigenvalue weighted by Crippen LogP contribution is 2.39. The van der Waals surface area contributed by atoms with Gasteiger partial charge in [-0.05, 0) is 42.3 Å². The van der Waals surface area contributed by atoms with Crippen LogP contribution in [0.25, 0.3) is 0 Å². The summed E-state index contributed by atoms with van der Waals surface area (Å²) in [6, 6.07) is 9.79. The van der Waals surface area contributed by atoms with Crippen molar-refractivity contribution in [1.82, 2.24) is 0 Å². The second kappa shape index (κ2) is 8.32. The minimum absolute atomic E-state index is 0.0768. The molecule has 150 valence electrons. The number of carbonyl (C=O) groups is 1. The number of hydrogen-bond donors (Lipinski definition) is 2. The second-order valence-electron chi connectivity index (χ2n) is 6.45. The van der Waals surface area contributed by atoms with Gasteiger partial charge in [-0.2, -0.15) is 0 Å². The van der Waals surface area contributed by atoms with Crippen molar-refractivity contribution in [2.45, 2.75) is 29.7 Å². The summed E-state index contributed by atoms with van der Waals surface area (Å²) in [5, 5.41) is 8.18. The molecular weight excluding hydrogens is 391 g/mol. The van der Waals surface area contributed by atoms with Crippen molar-refractivity contribution < 1.29 is 22.7 Å². The van der Waals surface area contributed by atoms with Crippen LogP contribution in [0, 0.1) is 5.82 Å². The topological polar surface area (TPSA) is 67.6 Å². The van der Waals surface area contributed by atoms with E-state index in [4.69, 9.17) is 9.88 Å². The van der Waals surface area contributed by atoms with Crippen LogP contribution in [0.2, 0.25) is 0 Å². The maximum absolute atomic E-state index is 14.1. The summed E-state index contributed by atoms with van der Waals surface area (Å²) in [7, 11) is 1.30. The van der Waals surface area contributed by atoms with E-state index in [1.807, 2.05) is 0 Å². The van der Waals surface area contributed by atoms with E-state index in [0.29, 0.717) is 5.69 Å². The third-order valence-electron chi connectivity index (χ3n) is 4.59. The first-order valence-electron chi connectivity index (χ1n) is 8.59. The number of hydrogen-bond acceptors (Lipinski definition) is 5. The number of rotatable bonds is 5. The fourth-order valence-corrected chi connectivity index (χ4v) is 3.61. The molecule has 2 aromatic carbocycles. The lowest BCUT2D eigenvalue weighted by Gasteiger charge is -2.40. The average Bonchev–Trinajstić information content (AvgIpc) is 2.67. The lowest BCUT2D eigenvalue weighted by Crippen LogP contribution is -2.53. The highest BCUT2D eigenvalue weighted by Gasteiger charge is 2.44. The molecule has 0 bridgehead atoms. The molecule has 1 fully saturated rings. The van der Waals surface area contributed by atoms with Gasteiger partial charge in [0.2, 0.25) is 5.91 Å². The molecule has 3 rings (SSSR count). The van der Waals surface area contributed by atoms with Crippen molar-refractivity contribution >= 4 is 29.2 Å². The van der Waals surface area contributed by atoms with Crippen molar-refractivity contribution in [1.29, 1.82) is 0 Å². The molecule has 1 unspecified atom stereocenters. The number of halogens is 3. The zero-order chi connectivity index (χ0) is 20.3. The number of nitrogens with one attached hydrogen (secondary N) is 1. The van der Waals surface area contributed by atoms with Crippen LogP contribution in [0.15, 0.2) is 47.4 Å². The summed E-state index contributed by atoms with van der Waals surface area (Å²) in [6.07, 6.45) is -1.11. The van der Waals surface area contributed by atoms with Gasteiger partial charge >= 0.3 is 0 Å². The zero-order valence-electron chi connectivity index (χ0n) is 15.1. The lowest BCUT2D eigenvalue weighted by molar-refractivity contribution is -0.121. The normalized spacial score (nSPS) is 18.6. The Morgan fingerprint density at radius 1 is 1.32 bits per heavy atom. The van der Waals surface area contributed by atoms with Gasteiger partial charge in [0.15, 0.2) is 11.6 Å². The van der Waals surface area contributed by atoms with Crippen molar-refractivity contribution in [3.63, 3.8) is 0 Å². The molecule has 3 N–H and O–H groups in total. The number of alkyl halides is 2. The summed E-state index contributed by atoms with van der Waals surface area (Å²) >= 11 is 1.01. The molecular formula is C19H20F3N3O2S. The van der Waals surface area contributed by atoms with Crippen LogP contribution >= 0.6 is 11.9 Å². The Labute approximate surface area is 165 Å². The third-order valence-corrected chi connectivity index (χ3v) is 5.11. The molecule has 0 aliphatic carbocycles. The predicted octanol–water partition coefficient (Wildman–Crippen LogP) is 4.04. The molecule has 0 aromatic heterocycles. The van der Waals surface area contributed by atoms with Gasteiger partial charge < -0.3 is 15.0 Å². The monoisotopic (exact) mass is 411 g/mol. The van der Waals surface area contributed by atoms with E-state index in [-0.39, 0.29) is 18.0 Å². The van der Waals surface area contributed by atoms with Crippen LogP contribution < -0.4 is 20.1 Å². The van der Waals surface area contributed by atoms with E-state index in [2.05, 4.69) is 5.32 Å². The number of para-hydroxylation sites is 1. The van der Waals surface area contributed by atoms with Gasteiger partial charge in [-0.25, -0.2) is 13.2 Å². The predicted molar refractivity (Wildman–Crippen MR) is 103 cm³/mol. The molecule has 0 saturated carbocycles. The highest BCUT2D eigenvalue weighted by atomic mass is 32.2. The molecule has 2 aromatic rings. The smallest absolute Gasteiger partial charge is 0.252 e. The van der Waals surface area contributed by atoms with Crippen molar-refractivity contribution in [3.05, 3.63) is 48.3 Å². The van der Waals surface area contributed by atoms with Crippen LogP contribution in [0.1, 0.15) is 12.8 Å². The standard InChI is InChI=1S/C19H20F3N3O2S/c1-27-17-14(20)6-3-7-15(17)25-9-8-19(21,22)11-16(25)18(26)24-12-4-2-5-13(10-12)28-23/h2-7,10,16H,8-9,11,23H2,1H3,(H,24,26). The average molecular weight is 411 g/mol. The van der Waals surface area contributed by atoms with Crippen LogP contribution in [-0.2, 0) is 4.79 Å². The van der Waals surface area contributed by atoms with E-state index in [1.54, 1.807) is 30.3 Å².